The van der Waals surface area contributed by atoms with Gasteiger partial charge in [0.2, 0.25) is 0 Å². The van der Waals surface area contributed by atoms with Gasteiger partial charge in [-0.15, -0.1) is 0 Å². The Hall–Kier alpha value is -0.900. The zero-order chi connectivity index (χ0) is 12.6. The van der Waals surface area contributed by atoms with E-state index in [9.17, 15) is 14.7 Å². The van der Waals surface area contributed by atoms with E-state index in [1.54, 1.807) is 20.8 Å². The van der Waals surface area contributed by atoms with Crippen LogP contribution in [-0.2, 0) is 14.3 Å². The molecule has 0 amide bonds. The Labute approximate surface area is 96.0 Å². The largest absolute Gasteiger partial charge is 0.465 e. The molecule has 0 aliphatic heterocycles. The Morgan fingerprint density at radius 2 is 2.06 bits per heavy atom. The van der Waals surface area contributed by atoms with Gasteiger partial charge in [-0.3, -0.25) is 9.59 Å². The SMILES string of the molecule is CCOC(=O)[C@]1(C)C(=O)C(C)(C)CC[C@@H]1O. The van der Waals surface area contributed by atoms with Gasteiger partial charge in [-0.2, -0.15) is 0 Å². The number of rotatable bonds is 2. The van der Waals surface area contributed by atoms with Crippen LogP contribution in [0.3, 0.4) is 0 Å². The van der Waals surface area contributed by atoms with Crippen molar-refractivity contribution in [3.8, 4) is 0 Å². The average Bonchev–Trinajstić information content (AvgIpc) is 2.22. The first-order valence-corrected chi connectivity index (χ1v) is 5.67. The molecular weight excluding hydrogens is 208 g/mol. The second-order valence-corrected chi connectivity index (χ2v) is 5.19. The van der Waals surface area contributed by atoms with Gasteiger partial charge in [-0.05, 0) is 26.7 Å². The van der Waals surface area contributed by atoms with Gasteiger partial charge in [-0.1, -0.05) is 13.8 Å². The number of esters is 1. The monoisotopic (exact) mass is 228 g/mol. The molecule has 0 spiro atoms. The Kier molecular flexibility index (Phi) is 3.43. The molecule has 1 saturated carbocycles. The predicted molar refractivity (Wildman–Crippen MR) is 58.8 cm³/mol. The highest BCUT2D eigenvalue weighted by atomic mass is 16.5. The minimum absolute atomic E-state index is 0.217. The van der Waals surface area contributed by atoms with Gasteiger partial charge in [0, 0.05) is 5.41 Å². The molecule has 4 heteroatoms. The molecule has 0 unspecified atom stereocenters. The van der Waals surface area contributed by atoms with Gasteiger partial charge in [0.1, 0.15) is 5.41 Å². The molecule has 92 valence electrons. The van der Waals surface area contributed by atoms with E-state index < -0.39 is 22.9 Å². The third-order valence-electron chi connectivity index (χ3n) is 3.50. The number of Topliss-reactive ketones (excluding diaryl/α,β-unsaturated/α-hetero) is 1. The number of aliphatic hydroxyl groups excluding tert-OH is 1. The van der Waals surface area contributed by atoms with Crippen LogP contribution in [-0.4, -0.2) is 29.6 Å². The molecule has 0 aromatic rings. The van der Waals surface area contributed by atoms with Gasteiger partial charge in [0.15, 0.2) is 5.78 Å². The van der Waals surface area contributed by atoms with E-state index in [1.807, 2.05) is 0 Å². The maximum Gasteiger partial charge on any atom is 0.322 e. The molecule has 1 rings (SSSR count). The third-order valence-corrected chi connectivity index (χ3v) is 3.50. The molecule has 0 heterocycles. The standard InChI is InChI=1S/C12H20O4/c1-5-16-10(15)12(4)8(13)6-7-11(2,3)9(12)14/h8,13H,5-7H2,1-4H3/t8-,12-/m0/s1. The summed E-state index contributed by atoms with van der Waals surface area (Å²) in [5, 5.41) is 9.91. The lowest BCUT2D eigenvalue weighted by molar-refractivity contribution is -0.175. The second-order valence-electron chi connectivity index (χ2n) is 5.19. The zero-order valence-corrected chi connectivity index (χ0v) is 10.4. The summed E-state index contributed by atoms with van der Waals surface area (Å²) < 4.78 is 4.90. The third kappa shape index (κ3) is 1.86. The Morgan fingerprint density at radius 3 is 2.56 bits per heavy atom. The Morgan fingerprint density at radius 1 is 1.50 bits per heavy atom. The molecular formula is C12H20O4. The number of ether oxygens (including phenoxy) is 1. The first-order chi connectivity index (χ1) is 7.26. The van der Waals surface area contributed by atoms with Crippen molar-refractivity contribution in [3.05, 3.63) is 0 Å². The van der Waals surface area contributed by atoms with Crippen LogP contribution < -0.4 is 0 Å². The van der Waals surface area contributed by atoms with E-state index in [0.29, 0.717) is 12.8 Å². The summed E-state index contributed by atoms with van der Waals surface area (Å²) in [6.45, 7) is 7.00. The highest BCUT2D eigenvalue weighted by Crippen LogP contribution is 2.43. The van der Waals surface area contributed by atoms with Crippen molar-refractivity contribution >= 4 is 11.8 Å². The second kappa shape index (κ2) is 4.17. The molecule has 1 aliphatic carbocycles. The van der Waals surface area contributed by atoms with Crippen molar-refractivity contribution in [1.82, 2.24) is 0 Å². The molecule has 2 atom stereocenters. The minimum Gasteiger partial charge on any atom is -0.465 e. The summed E-state index contributed by atoms with van der Waals surface area (Å²) in [5.41, 5.74) is -1.97. The van der Waals surface area contributed by atoms with Crippen LogP contribution in [0.4, 0.5) is 0 Å². The molecule has 0 radical (unpaired) electrons. The normalized spacial score (nSPS) is 33.6. The van der Waals surface area contributed by atoms with Crippen LogP contribution in [0.1, 0.15) is 40.5 Å². The Bertz CT molecular complexity index is 308. The highest BCUT2D eigenvalue weighted by molar-refractivity contribution is 6.07. The van der Waals surface area contributed by atoms with Gasteiger partial charge >= 0.3 is 5.97 Å². The topological polar surface area (TPSA) is 63.6 Å². The van der Waals surface area contributed by atoms with Crippen molar-refractivity contribution in [1.29, 1.82) is 0 Å². The maximum atomic E-state index is 12.2. The van der Waals surface area contributed by atoms with E-state index in [4.69, 9.17) is 4.74 Å². The summed E-state index contributed by atoms with van der Waals surface area (Å²) in [4.78, 5) is 24.1. The van der Waals surface area contributed by atoms with E-state index in [0.717, 1.165) is 0 Å². The quantitative estimate of drug-likeness (QED) is 0.571. The molecule has 1 aliphatic rings. The molecule has 16 heavy (non-hydrogen) atoms. The predicted octanol–water partition coefficient (Wildman–Crippen LogP) is 1.31. The van der Waals surface area contributed by atoms with Gasteiger partial charge in [0.25, 0.3) is 0 Å². The summed E-state index contributed by atoms with van der Waals surface area (Å²) in [6, 6.07) is 0. The van der Waals surface area contributed by atoms with E-state index in [-0.39, 0.29) is 12.4 Å². The number of carbonyl (C=O) groups is 2. The first kappa shape index (κ1) is 13.2. The van der Waals surface area contributed by atoms with Crippen LogP contribution in [0.15, 0.2) is 0 Å². The van der Waals surface area contributed by atoms with E-state index in [2.05, 4.69) is 0 Å². The van der Waals surface area contributed by atoms with Crippen LogP contribution >= 0.6 is 0 Å². The number of hydrogen-bond acceptors (Lipinski definition) is 4. The number of hydrogen-bond donors (Lipinski definition) is 1. The zero-order valence-electron chi connectivity index (χ0n) is 10.4. The fourth-order valence-corrected chi connectivity index (χ4v) is 2.26. The van der Waals surface area contributed by atoms with Crippen molar-refractivity contribution in [2.24, 2.45) is 10.8 Å². The molecule has 4 nitrogen and oxygen atoms in total. The smallest absolute Gasteiger partial charge is 0.322 e. The van der Waals surface area contributed by atoms with Crippen molar-refractivity contribution in [3.63, 3.8) is 0 Å². The minimum atomic E-state index is -1.40. The average molecular weight is 228 g/mol. The van der Waals surface area contributed by atoms with Crippen LogP contribution in [0.25, 0.3) is 0 Å². The summed E-state index contributed by atoms with van der Waals surface area (Å²) in [6.07, 6.45) is 0.114. The van der Waals surface area contributed by atoms with E-state index in [1.165, 1.54) is 6.92 Å². The van der Waals surface area contributed by atoms with Crippen molar-refractivity contribution in [2.45, 2.75) is 46.6 Å². The summed E-state index contributed by atoms with van der Waals surface area (Å²) >= 11 is 0. The lowest BCUT2D eigenvalue weighted by Gasteiger charge is -2.42. The van der Waals surface area contributed by atoms with Crippen LogP contribution in [0.2, 0.25) is 0 Å². The Balaban J connectivity index is 3.06. The number of aliphatic hydroxyl groups is 1. The molecule has 1 fully saturated rings. The molecule has 0 bridgehead atoms. The summed E-state index contributed by atoms with van der Waals surface area (Å²) in [7, 11) is 0. The van der Waals surface area contributed by atoms with Gasteiger partial charge < -0.3 is 9.84 Å². The van der Waals surface area contributed by atoms with Crippen molar-refractivity contribution in [2.75, 3.05) is 6.61 Å². The maximum absolute atomic E-state index is 12.2. The lowest BCUT2D eigenvalue weighted by atomic mass is 9.62. The molecule has 0 aromatic heterocycles. The fraction of sp³-hybridized carbons (Fsp3) is 0.833. The van der Waals surface area contributed by atoms with Gasteiger partial charge in [-0.25, -0.2) is 0 Å². The molecule has 1 N–H and O–H groups in total. The first-order valence-electron chi connectivity index (χ1n) is 5.67. The van der Waals surface area contributed by atoms with E-state index >= 15 is 0 Å². The van der Waals surface area contributed by atoms with Crippen molar-refractivity contribution < 1.29 is 19.4 Å². The van der Waals surface area contributed by atoms with Crippen LogP contribution in [0, 0.1) is 10.8 Å². The number of ketones is 1. The highest BCUT2D eigenvalue weighted by Gasteiger charge is 2.56. The molecule has 0 aromatic carbocycles. The van der Waals surface area contributed by atoms with Crippen LogP contribution in [0.5, 0.6) is 0 Å². The fourth-order valence-electron chi connectivity index (χ4n) is 2.26. The lowest BCUT2D eigenvalue weighted by Crippen LogP contribution is -2.56. The van der Waals surface area contributed by atoms with Gasteiger partial charge in [0.05, 0.1) is 12.7 Å². The summed E-state index contributed by atoms with van der Waals surface area (Å²) in [5.74, 6) is -0.836. The number of carbonyl (C=O) groups excluding carboxylic acids is 2. The molecule has 0 saturated heterocycles.